The van der Waals surface area contributed by atoms with Crippen molar-refractivity contribution in [1.82, 2.24) is 24.3 Å². The van der Waals surface area contributed by atoms with Crippen LogP contribution in [0.25, 0.3) is 11.0 Å². The summed E-state index contributed by atoms with van der Waals surface area (Å²) in [6, 6.07) is 6.97. The first kappa shape index (κ1) is 28.8. The van der Waals surface area contributed by atoms with Crippen molar-refractivity contribution in [3.05, 3.63) is 45.9 Å². The van der Waals surface area contributed by atoms with Crippen molar-refractivity contribution in [2.24, 2.45) is 0 Å². The molecule has 11 nitrogen and oxygen atoms in total. The number of ether oxygens (including phenoxy) is 1. The molecule has 1 amide bonds. The molecule has 1 N–H and O–H groups in total. The van der Waals surface area contributed by atoms with E-state index in [1.54, 1.807) is 24.6 Å². The van der Waals surface area contributed by atoms with Gasteiger partial charge in [-0.2, -0.15) is 4.98 Å². The summed E-state index contributed by atoms with van der Waals surface area (Å²) in [4.78, 5) is 54.1. The Morgan fingerprint density at radius 1 is 0.977 bits per heavy atom. The molecule has 0 unspecified atom stereocenters. The minimum Gasteiger partial charge on any atom is -0.489 e. The molecule has 232 valence electrons. The van der Waals surface area contributed by atoms with Crippen molar-refractivity contribution in [1.29, 1.82) is 0 Å². The van der Waals surface area contributed by atoms with E-state index in [0.29, 0.717) is 35.8 Å². The fraction of sp³-hybridized carbons (Fsp3) is 0.545. The van der Waals surface area contributed by atoms with Crippen LogP contribution in [0.5, 0.6) is 5.75 Å². The van der Waals surface area contributed by atoms with E-state index in [0.717, 1.165) is 93.8 Å². The number of Topliss-reactive ketones (excluding diaryl/α,β-unsaturated/α-hetero) is 1. The second-order valence-corrected chi connectivity index (χ2v) is 12.8. The van der Waals surface area contributed by atoms with Gasteiger partial charge >= 0.3 is 0 Å². The fourth-order valence-electron chi connectivity index (χ4n) is 7.79. The number of rotatable bonds is 5. The van der Waals surface area contributed by atoms with Gasteiger partial charge in [-0.05, 0) is 57.2 Å². The molecule has 11 heteroatoms. The average Bonchev–Trinajstić information content (AvgIpc) is 3.55. The number of likely N-dealkylation sites (tertiary alicyclic amines) is 1. The average molecular weight is 600 g/mol. The molecule has 5 heterocycles. The number of aryl methyl sites for hydroxylation is 1. The molecule has 0 bridgehead atoms. The van der Waals surface area contributed by atoms with E-state index in [2.05, 4.69) is 26.2 Å². The maximum atomic E-state index is 13.5. The zero-order chi connectivity index (χ0) is 30.5. The molecule has 4 aliphatic rings. The summed E-state index contributed by atoms with van der Waals surface area (Å²) in [7, 11) is 0. The van der Waals surface area contributed by atoms with E-state index in [9.17, 15) is 14.4 Å². The smallest absolute Gasteiger partial charge is 0.263 e. The lowest BCUT2D eigenvalue weighted by atomic mass is 9.99. The number of carbonyl (C=O) groups excluding carboxylic acids is 2. The van der Waals surface area contributed by atoms with Gasteiger partial charge in [0.1, 0.15) is 18.0 Å². The Morgan fingerprint density at radius 3 is 2.48 bits per heavy atom. The van der Waals surface area contributed by atoms with Gasteiger partial charge in [0, 0.05) is 75.1 Å². The number of hydrogen-bond donors (Lipinski definition) is 1. The number of piperidine rings is 1. The molecule has 1 aromatic carbocycles. The third-order valence-corrected chi connectivity index (χ3v) is 10.1. The van der Waals surface area contributed by atoms with E-state index in [4.69, 9.17) is 9.72 Å². The largest absolute Gasteiger partial charge is 0.489 e. The van der Waals surface area contributed by atoms with Crippen LogP contribution in [-0.4, -0.2) is 87.4 Å². The van der Waals surface area contributed by atoms with Crippen LogP contribution in [0.2, 0.25) is 0 Å². The van der Waals surface area contributed by atoms with E-state index in [-0.39, 0.29) is 28.9 Å². The van der Waals surface area contributed by atoms with Crippen molar-refractivity contribution in [2.75, 3.05) is 49.5 Å². The van der Waals surface area contributed by atoms with Crippen LogP contribution < -0.4 is 20.5 Å². The number of anilines is 3. The van der Waals surface area contributed by atoms with E-state index in [1.807, 2.05) is 17.0 Å². The molecule has 1 saturated carbocycles. The van der Waals surface area contributed by atoms with Crippen LogP contribution in [0.1, 0.15) is 74.3 Å². The van der Waals surface area contributed by atoms with Crippen LogP contribution in [0.3, 0.4) is 0 Å². The maximum Gasteiger partial charge on any atom is 0.263 e. The maximum absolute atomic E-state index is 13.5. The van der Waals surface area contributed by atoms with Crippen LogP contribution in [0.15, 0.2) is 29.2 Å². The second-order valence-electron chi connectivity index (χ2n) is 12.8. The molecule has 1 aliphatic carbocycles. The van der Waals surface area contributed by atoms with Crippen LogP contribution in [0, 0.1) is 6.92 Å². The summed E-state index contributed by atoms with van der Waals surface area (Å²) in [5.41, 5.74) is 3.10. The van der Waals surface area contributed by atoms with Gasteiger partial charge in [-0.15, -0.1) is 0 Å². The zero-order valence-corrected chi connectivity index (χ0v) is 25.8. The van der Waals surface area contributed by atoms with Crippen molar-refractivity contribution in [3.63, 3.8) is 0 Å². The molecule has 1 atom stereocenters. The Labute approximate surface area is 257 Å². The lowest BCUT2D eigenvalue weighted by Crippen LogP contribution is -2.60. The molecule has 0 radical (unpaired) electrons. The number of nitrogens with zero attached hydrogens (tertiary/aromatic N) is 6. The highest BCUT2D eigenvalue weighted by Crippen LogP contribution is 2.39. The SMILES string of the molecule is CC(=O)c1c(C)c2cnc(Nc3ccc4c(c3)OC[C@@H]3CN(C5CCN(C(C)=O)CC5)CCN43)nc2n(C2CCCC2)c1=O. The standard InChI is InChI=1S/C33H41N7O4/c1-20-27-17-34-33(36-31(27)40(25-6-4-5-7-25)32(43)30(20)21(2)41)35-23-8-9-28-29(16-23)44-19-26-18-38(14-15-39(26)28)24-10-12-37(13-11-24)22(3)42/h8-9,16-17,24-26H,4-7,10-15,18-19H2,1-3H3,(H,34,35,36)/t26-/m0/s1. The molecule has 2 aromatic heterocycles. The van der Waals surface area contributed by atoms with Crippen LogP contribution in [-0.2, 0) is 4.79 Å². The van der Waals surface area contributed by atoms with E-state index >= 15 is 0 Å². The molecule has 7 rings (SSSR count). The van der Waals surface area contributed by atoms with Gasteiger partial charge in [0.25, 0.3) is 5.56 Å². The zero-order valence-electron chi connectivity index (χ0n) is 25.8. The number of amides is 1. The Bertz CT molecular complexity index is 1670. The highest BCUT2D eigenvalue weighted by molar-refractivity contribution is 5.99. The monoisotopic (exact) mass is 599 g/mol. The molecule has 3 fully saturated rings. The van der Waals surface area contributed by atoms with E-state index < -0.39 is 0 Å². The van der Waals surface area contributed by atoms with E-state index in [1.165, 1.54) is 6.92 Å². The van der Waals surface area contributed by atoms with Gasteiger partial charge < -0.3 is 19.9 Å². The molecule has 3 aliphatic heterocycles. The second kappa shape index (κ2) is 11.5. The number of ketones is 1. The Morgan fingerprint density at radius 2 is 1.75 bits per heavy atom. The Kier molecular flexibility index (Phi) is 7.52. The third kappa shape index (κ3) is 5.10. The van der Waals surface area contributed by atoms with Gasteiger partial charge in [0.2, 0.25) is 11.9 Å². The predicted molar refractivity (Wildman–Crippen MR) is 169 cm³/mol. The summed E-state index contributed by atoms with van der Waals surface area (Å²) >= 11 is 0. The van der Waals surface area contributed by atoms with Gasteiger partial charge in [-0.1, -0.05) is 12.8 Å². The van der Waals surface area contributed by atoms with Crippen molar-refractivity contribution < 1.29 is 14.3 Å². The number of benzene rings is 1. The van der Waals surface area contributed by atoms with Crippen LogP contribution >= 0.6 is 0 Å². The quantitative estimate of drug-likeness (QED) is 0.434. The Hall–Kier alpha value is -3.99. The number of pyridine rings is 1. The molecule has 3 aromatic rings. The molecule has 0 spiro atoms. The number of nitrogens with one attached hydrogen (secondary N) is 1. The minimum atomic E-state index is -0.252. The first-order valence-corrected chi connectivity index (χ1v) is 16.0. The number of fused-ring (bicyclic) bond motifs is 4. The number of aromatic nitrogens is 3. The third-order valence-electron chi connectivity index (χ3n) is 10.1. The van der Waals surface area contributed by atoms with Crippen molar-refractivity contribution in [2.45, 2.75) is 77.4 Å². The lowest BCUT2D eigenvalue weighted by molar-refractivity contribution is -0.130. The number of piperazine rings is 1. The van der Waals surface area contributed by atoms with Gasteiger partial charge in [-0.3, -0.25) is 23.9 Å². The first-order chi connectivity index (χ1) is 21.3. The summed E-state index contributed by atoms with van der Waals surface area (Å²) < 4.78 is 8.04. The number of hydrogen-bond acceptors (Lipinski definition) is 9. The summed E-state index contributed by atoms with van der Waals surface area (Å²) in [6.45, 7) is 10.1. The lowest BCUT2D eigenvalue weighted by Gasteiger charge is -2.49. The highest BCUT2D eigenvalue weighted by atomic mass is 16.5. The first-order valence-electron chi connectivity index (χ1n) is 16.0. The molecule has 2 saturated heterocycles. The highest BCUT2D eigenvalue weighted by Gasteiger charge is 2.36. The Balaban J connectivity index is 1.10. The summed E-state index contributed by atoms with van der Waals surface area (Å²) in [6.07, 6.45) is 7.71. The van der Waals surface area contributed by atoms with Gasteiger partial charge in [0.05, 0.1) is 17.3 Å². The van der Waals surface area contributed by atoms with Gasteiger partial charge in [0.15, 0.2) is 5.78 Å². The topological polar surface area (TPSA) is 113 Å². The van der Waals surface area contributed by atoms with Crippen molar-refractivity contribution >= 4 is 40.0 Å². The van der Waals surface area contributed by atoms with Crippen molar-refractivity contribution in [3.8, 4) is 5.75 Å². The van der Waals surface area contributed by atoms with Crippen LogP contribution in [0.4, 0.5) is 17.3 Å². The van der Waals surface area contributed by atoms with Gasteiger partial charge in [-0.25, -0.2) is 4.98 Å². The summed E-state index contributed by atoms with van der Waals surface area (Å²) in [5.74, 6) is 1.18. The predicted octanol–water partition coefficient (Wildman–Crippen LogP) is 4.06. The molecular weight excluding hydrogens is 558 g/mol. The molecular formula is C33H41N7O4. The summed E-state index contributed by atoms with van der Waals surface area (Å²) in [5, 5.41) is 4.07. The fourth-order valence-corrected chi connectivity index (χ4v) is 7.79. The minimum absolute atomic E-state index is 0.0327. The number of carbonyl (C=O) groups is 2. The molecule has 44 heavy (non-hydrogen) atoms. The normalized spacial score (nSPS) is 21.2.